The van der Waals surface area contributed by atoms with E-state index in [2.05, 4.69) is 6.92 Å². The van der Waals surface area contributed by atoms with E-state index in [0.717, 1.165) is 34.3 Å². The normalized spacial score (nSPS) is 10.3. The zero-order valence-corrected chi connectivity index (χ0v) is 18.3. The second-order valence-electron chi connectivity index (χ2n) is 5.78. The molecule has 0 saturated heterocycles. The quantitative estimate of drug-likeness (QED) is 0.526. The van der Waals surface area contributed by atoms with Crippen LogP contribution in [0, 0.1) is 0 Å². The number of methoxy groups -OCH3 is 1. The van der Waals surface area contributed by atoms with E-state index >= 15 is 0 Å². The highest BCUT2D eigenvalue weighted by molar-refractivity contribution is 5.94. The van der Waals surface area contributed by atoms with Crippen LogP contribution in [0.15, 0.2) is 46.6 Å². The van der Waals surface area contributed by atoms with Crippen LogP contribution in [0.1, 0.15) is 60.5 Å². The number of aromatic nitrogens is 1. The number of hydrogen-bond donors (Lipinski definition) is 1. The Balaban J connectivity index is 0.00000158. The van der Waals surface area contributed by atoms with Gasteiger partial charge in [-0.3, -0.25) is 4.79 Å². The summed E-state index contributed by atoms with van der Waals surface area (Å²) in [5.41, 5.74) is 3.02. The maximum atomic E-state index is 12.3. The summed E-state index contributed by atoms with van der Waals surface area (Å²) in [6.07, 6.45) is 4.66. The van der Waals surface area contributed by atoms with Crippen LogP contribution in [0.4, 0.5) is 0 Å². The van der Waals surface area contributed by atoms with Crippen molar-refractivity contribution < 1.29 is 9.84 Å². The molecule has 2 aromatic rings. The van der Waals surface area contributed by atoms with Gasteiger partial charge in [0.25, 0.3) is 5.56 Å². The molecule has 0 amide bonds. The second kappa shape index (κ2) is 12.0. The summed E-state index contributed by atoms with van der Waals surface area (Å²) in [5.74, 6) is 0.915. The number of phenolic OH excluding ortho intramolecular Hbond substituents is 1. The minimum Gasteiger partial charge on any atom is -0.508 e. The number of aryl methyl sites for hydroxylation is 1. The molecular weight excluding hydrogens is 338 g/mol. The topological polar surface area (TPSA) is 51.5 Å². The molecule has 0 bridgehead atoms. The van der Waals surface area contributed by atoms with Crippen LogP contribution in [-0.2, 0) is 11.8 Å². The van der Waals surface area contributed by atoms with Gasteiger partial charge in [-0.05, 0) is 61.1 Å². The van der Waals surface area contributed by atoms with Gasteiger partial charge >= 0.3 is 0 Å². The number of ether oxygens (including phenoxy) is 1. The summed E-state index contributed by atoms with van der Waals surface area (Å²) in [5, 5.41) is 11.0. The van der Waals surface area contributed by atoms with Crippen LogP contribution < -0.4 is 5.56 Å². The Morgan fingerprint density at radius 3 is 2.22 bits per heavy atom. The molecular formula is C23H35NO3. The van der Waals surface area contributed by atoms with Crippen molar-refractivity contribution in [3.8, 4) is 5.75 Å². The Labute approximate surface area is 163 Å². The molecule has 4 heteroatoms. The van der Waals surface area contributed by atoms with E-state index in [1.165, 1.54) is 6.07 Å². The van der Waals surface area contributed by atoms with Gasteiger partial charge in [-0.15, -0.1) is 0 Å². The minimum atomic E-state index is -0.121. The van der Waals surface area contributed by atoms with Crippen molar-refractivity contribution in [1.82, 2.24) is 4.57 Å². The predicted molar refractivity (Wildman–Crippen MR) is 117 cm³/mol. The highest BCUT2D eigenvalue weighted by Gasteiger charge is 2.12. The van der Waals surface area contributed by atoms with Crippen LogP contribution >= 0.6 is 0 Å². The smallest absolute Gasteiger partial charge is 0.258 e. The highest BCUT2D eigenvalue weighted by atomic mass is 16.5. The molecule has 1 aromatic carbocycles. The Kier molecular flexibility index (Phi) is 10.9. The summed E-state index contributed by atoms with van der Waals surface area (Å²) in [7, 11) is 3.38. The van der Waals surface area contributed by atoms with Crippen LogP contribution in [0.5, 0.6) is 5.75 Å². The van der Waals surface area contributed by atoms with Crippen LogP contribution in [0.25, 0.3) is 16.3 Å². The van der Waals surface area contributed by atoms with Crippen LogP contribution in [0.2, 0.25) is 0 Å². The third-order valence-electron chi connectivity index (χ3n) is 3.91. The van der Waals surface area contributed by atoms with E-state index in [0.29, 0.717) is 5.39 Å². The van der Waals surface area contributed by atoms with Gasteiger partial charge < -0.3 is 14.4 Å². The van der Waals surface area contributed by atoms with E-state index in [-0.39, 0.29) is 11.3 Å². The molecule has 0 atom stereocenters. The summed E-state index contributed by atoms with van der Waals surface area (Å²) < 4.78 is 7.00. The number of fused-ring (bicyclic) bond motifs is 1. The van der Waals surface area contributed by atoms with E-state index < -0.39 is 0 Å². The van der Waals surface area contributed by atoms with E-state index in [9.17, 15) is 9.90 Å². The first-order valence-corrected chi connectivity index (χ1v) is 9.63. The molecule has 0 aliphatic heterocycles. The first kappa shape index (κ1) is 24.5. The summed E-state index contributed by atoms with van der Waals surface area (Å²) in [4.78, 5) is 12.3. The number of aromatic hydroxyl groups is 1. The second-order valence-corrected chi connectivity index (χ2v) is 5.78. The van der Waals surface area contributed by atoms with Gasteiger partial charge in [0.2, 0.25) is 0 Å². The number of pyridine rings is 1. The number of nitrogens with zero attached hydrogens (tertiary/aromatic N) is 1. The number of benzene rings is 1. The van der Waals surface area contributed by atoms with Crippen molar-refractivity contribution in [2.75, 3.05) is 7.11 Å². The monoisotopic (exact) mass is 373 g/mol. The Morgan fingerprint density at radius 1 is 1.15 bits per heavy atom. The fourth-order valence-corrected chi connectivity index (χ4v) is 2.65. The van der Waals surface area contributed by atoms with Gasteiger partial charge in [0.05, 0.1) is 12.5 Å². The third-order valence-corrected chi connectivity index (χ3v) is 3.91. The maximum absolute atomic E-state index is 12.3. The van der Waals surface area contributed by atoms with Crippen LogP contribution in [0.3, 0.4) is 0 Å². The third kappa shape index (κ3) is 6.02. The summed E-state index contributed by atoms with van der Waals surface area (Å²) in [6, 6.07) is 4.92. The van der Waals surface area contributed by atoms with Crippen molar-refractivity contribution in [1.29, 1.82) is 0 Å². The fourth-order valence-electron chi connectivity index (χ4n) is 2.65. The van der Waals surface area contributed by atoms with Gasteiger partial charge in [0.15, 0.2) is 0 Å². The lowest BCUT2D eigenvalue weighted by atomic mass is 9.97. The maximum Gasteiger partial charge on any atom is 0.258 e. The predicted octanol–water partition coefficient (Wildman–Crippen LogP) is 6.03. The Morgan fingerprint density at radius 2 is 1.74 bits per heavy atom. The van der Waals surface area contributed by atoms with Gasteiger partial charge in [-0.2, -0.15) is 0 Å². The summed E-state index contributed by atoms with van der Waals surface area (Å²) >= 11 is 0. The van der Waals surface area contributed by atoms with Gasteiger partial charge in [0, 0.05) is 18.8 Å². The van der Waals surface area contributed by atoms with Crippen molar-refractivity contribution >= 4 is 16.3 Å². The highest BCUT2D eigenvalue weighted by Crippen LogP contribution is 2.28. The van der Waals surface area contributed by atoms with Crippen molar-refractivity contribution in [2.45, 2.75) is 54.9 Å². The molecule has 2 rings (SSSR count). The van der Waals surface area contributed by atoms with E-state index in [1.807, 2.05) is 53.8 Å². The molecule has 0 spiro atoms. The van der Waals surface area contributed by atoms with E-state index in [4.69, 9.17) is 4.74 Å². The standard InChI is InChI=1S/C19H23NO3.2C2H6/c1-6-13(9-18(23-5)12(2)3)17-11-20(4)19(22)16-10-14(21)7-8-15(16)17;2*1-2/h7-11,21H,6H2,1-5H3;2*1-2H3/b13-9+;;. The van der Waals surface area contributed by atoms with Gasteiger partial charge in [-0.1, -0.05) is 34.6 Å². The molecule has 0 fully saturated rings. The lowest BCUT2D eigenvalue weighted by Gasteiger charge is -2.13. The Bertz CT molecular complexity index is 854. The molecule has 4 nitrogen and oxygen atoms in total. The molecule has 0 aliphatic carbocycles. The molecule has 1 heterocycles. The first-order valence-electron chi connectivity index (χ1n) is 9.63. The average molecular weight is 374 g/mol. The van der Waals surface area contributed by atoms with E-state index in [1.54, 1.807) is 30.9 Å². The molecule has 0 aliphatic rings. The summed E-state index contributed by atoms with van der Waals surface area (Å²) in [6.45, 7) is 14.1. The molecule has 1 aromatic heterocycles. The molecule has 0 saturated carbocycles. The van der Waals surface area contributed by atoms with Crippen molar-refractivity contribution in [2.24, 2.45) is 7.05 Å². The Hall–Kier alpha value is -2.49. The number of phenols is 1. The van der Waals surface area contributed by atoms with Crippen molar-refractivity contribution in [3.63, 3.8) is 0 Å². The SMILES string of the molecule is CC.CC.CC/C(=C\C(OC)=C(C)C)c1cn(C)c(=O)c2cc(O)ccc12. The molecule has 150 valence electrons. The molecule has 1 N–H and O–H groups in total. The number of allylic oxidation sites excluding steroid dienone is 3. The zero-order valence-electron chi connectivity index (χ0n) is 18.3. The minimum absolute atomic E-state index is 0.0932. The average Bonchev–Trinajstić information content (AvgIpc) is 2.69. The number of rotatable bonds is 4. The fraction of sp³-hybridized carbons (Fsp3) is 0.435. The van der Waals surface area contributed by atoms with Crippen molar-refractivity contribution in [3.05, 3.63) is 57.7 Å². The molecule has 27 heavy (non-hydrogen) atoms. The zero-order chi connectivity index (χ0) is 21.1. The first-order chi connectivity index (χ1) is 12.9. The molecule has 0 radical (unpaired) electrons. The lowest BCUT2D eigenvalue weighted by Crippen LogP contribution is -2.17. The van der Waals surface area contributed by atoms with Crippen LogP contribution in [-0.4, -0.2) is 16.8 Å². The molecule has 0 unspecified atom stereocenters. The van der Waals surface area contributed by atoms with Gasteiger partial charge in [-0.25, -0.2) is 0 Å². The lowest BCUT2D eigenvalue weighted by molar-refractivity contribution is 0.302. The largest absolute Gasteiger partial charge is 0.508 e. The van der Waals surface area contributed by atoms with Gasteiger partial charge in [0.1, 0.15) is 11.5 Å². The number of hydrogen-bond acceptors (Lipinski definition) is 3.